The third kappa shape index (κ3) is 7.79. The van der Waals surface area contributed by atoms with Crippen LogP contribution in [0, 0.1) is 5.92 Å². The molecule has 3 amide bonds. The van der Waals surface area contributed by atoms with Crippen LogP contribution in [0.4, 0.5) is 0 Å². The fraction of sp³-hybridized carbons (Fsp3) is 0.467. The van der Waals surface area contributed by atoms with Crippen LogP contribution in [0.3, 0.4) is 0 Å². The van der Waals surface area contributed by atoms with E-state index in [0.29, 0.717) is 18.0 Å². The Morgan fingerprint density at radius 2 is 1.96 bits per heavy atom. The monoisotopic (exact) mass is 322 g/mol. The number of hydrogen-bond acceptors (Lipinski definition) is 5. The van der Waals surface area contributed by atoms with Crippen LogP contribution in [0.2, 0.25) is 0 Å². The zero-order valence-electron chi connectivity index (χ0n) is 13.5. The number of carbonyl (C=O) groups excluding carboxylic acids is 3. The van der Waals surface area contributed by atoms with Gasteiger partial charge in [-0.15, -0.1) is 0 Å². The minimum atomic E-state index is -0.860. The van der Waals surface area contributed by atoms with Crippen molar-refractivity contribution >= 4 is 23.4 Å². The van der Waals surface area contributed by atoms with Crippen molar-refractivity contribution in [3.05, 3.63) is 24.2 Å². The molecule has 1 aromatic rings. The van der Waals surface area contributed by atoms with E-state index in [9.17, 15) is 14.4 Å². The Hall–Kier alpha value is -2.64. The lowest BCUT2D eigenvalue weighted by molar-refractivity contribution is -0.139. The number of furan rings is 1. The van der Waals surface area contributed by atoms with Crippen LogP contribution in [0.5, 0.6) is 0 Å². The Balaban J connectivity index is 2.31. The van der Waals surface area contributed by atoms with Gasteiger partial charge in [0.25, 0.3) is 0 Å². The summed E-state index contributed by atoms with van der Waals surface area (Å²) in [5, 5.41) is 8.86. The molecule has 126 valence electrons. The van der Waals surface area contributed by atoms with Gasteiger partial charge in [0, 0.05) is 12.3 Å². The lowest BCUT2D eigenvalue weighted by Gasteiger charge is -2.06. The van der Waals surface area contributed by atoms with E-state index in [1.165, 1.54) is 6.26 Å². The number of rotatable bonds is 7. The Morgan fingerprint density at radius 3 is 2.57 bits per heavy atom. The number of nitrogens with zero attached hydrogens (tertiary/aromatic N) is 1. The summed E-state index contributed by atoms with van der Waals surface area (Å²) in [6.45, 7) is 6.11. The Kier molecular flexibility index (Phi) is 7.52. The van der Waals surface area contributed by atoms with Crippen molar-refractivity contribution in [2.75, 3.05) is 6.54 Å². The summed E-state index contributed by atoms with van der Waals surface area (Å²) < 4.78 is 5.09. The van der Waals surface area contributed by atoms with Crippen LogP contribution >= 0.6 is 0 Å². The topological polar surface area (TPSA) is 113 Å². The fourth-order valence-electron chi connectivity index (χ4n) is 1.51. The van der Waals surface area contributed by atoms with Gasteiger partial charge in [0.05, 0.1) is 19.2 Å². The predicted octanol–water partition coefficient (Wildman–Crippen LogP) is 0.550. The summed E-state index contributed by atoms with van der Waals surface area (Å²) in [5.74, 6) is -0.988. The van der Waals surface area contributed by atoms with Crippen molar-refractivity contribution in [1.82, 2.24) is 16.1 Å². The molecule has 0 aliphatic heterocycles. The summed E-state index contributed by atoms with van der Waals surface area (Å²) >= 11 is 0. The highest BCUT2D eigenvalue weighted by Gasteiger charge is 2.13. The largest absolute Gasteiger partial charge is 0.467 e. The Bertz CT molecular complexity index is 564. The molecule has 0 fully saturated rings. The number of nitrogens with one attached hydrogen (secondary N) is 3. The SMILES string of the molecule is CC(CC(=O)NCc1ccco1)=NNC(=O)C(=O)NCC(C)C. The summed E-state index contributed by atoms with van der Waals surface area (Å²) in [6, 6.07) is 3.48. The maximum Gasteiger partial charge on any atom is 0.329 e. The average molecular weight is 322 g/mol. The lowest BCUT2D eigenvalue weighted by atomic mass is 10.2. The molecule has 1 rings (SSSR count). The van der Waals surface area contributed by atoms with E-state index in [2.05, 4.69) is 21.2 Å². The van der Waals surface area contributed by atoms with Gasteiger partial charge in [0.2, 0.25) is 5.91 Å². The molecule has 3 N–H and O–H groups in total. The van der Waals surface area contributed by atoms with E-state index in [0.717, 1.165) is 0 Å². The minimum Gasteiger partial charge on any atom is -0.467 e. The van der Waals surface area contributed by atoms with Crippen LogP contribution in [0.15, 0.2) is 27.9 Å². The third-order valence-corrected chi connectivity index (χ3v) is 2.68. The molecule has 0 spiro atoms. The highest BCUT2D eigenvalue weighted by Crippen LogP contribution is 1.98. The molecule has 0 saturated carbocycles. The smallest absolute Gasteiger partial charge is 0.329 e. The maximum atomic E-state index is 11.7. The van der Waals surface area contributed by atoms with E-state index in [1.807, 2.05) is 13.8 Å². The zero-order chi connectivity index (χ0) is 17.2. The first-order valence-electron chi connectivity index (χ1n) is 7.29. The van der Waals surface area contributed by atoms with Crippen LogP contribution in [0.1, 0.15) is 33.0 Å². The van der Waals surface area contributed by atoms with Gasteiger partial charge >= 0.3 is 11.8 Å². The lowest BCUT2D eigenvalue weighted by Crippen LogP contribution is -2.39. The molecule has 0 aliphatic carbocycles. The highest BCUT2D eigenvalue weighted by molar-refractivity contribution is 6.35. The molecule has 8 heteroatoms. The van der Waals surface area contributed by atoms with Gasteiger partial charge in [-0.25, -0.2) is 5.43 Å². The molecule has 0 aliphatic rings. The molecule has 0 bridgehead atoms. The second-order valence-corrected chi connectivity index (χ2v) is 5.42. The molecule has 1 aromatic heterocycles. The van der Waals surface area contributed by atoms with Gasteiger partial charge in [0.1, 0.15) is 5.76 Å². The number of hydrogen-bond donors (Lipinski definition) is 3. The van der Waals surface area contributed by atoms with E-state index >= 15 is 0 Å². The minimum absolute atomic E-state index is 0.00853. The van der Waals surface area contributed by atoms with Gasteiger partial charge in [-0.1, -0.05) is 13.8 Å². The van der Waals surface area contributed by atoms with E-state index in [-0.39, 0.29) is 24.8 Å². The molecular weight excluding hydrogens is 300 g/mol. The third-order valence-electron chi connectivity index (χ3n) is 2.68. The first-order valence-corrected chi connectivity index (χ1v) is 7.29. The van der Waals surface area contributed by atoms with Crippen LogP contribution < -0.4 is 16.1 Å². The molecule has 23 heavy (non-hydrogen) atoms. The molecule has 8 nitrogen and oxygen atoms in total. The first kappa shape index (κ1) is 18.4. The van der Waals surface area contributed by atoms with E-state index in [1.54, 1.807) is 19.1 Å². The van der Waals surface area contributed by atoms with Gasteiger partial charge in [-0.05, 0) is 25.0 Å². The van der Waals surface area contributed by atoms with Gasteiger partial charge in [0.15, 0.2) is 0 Å². The molecule has 1 heterocycles. The van der Waals surface area contributed by atoms with E-state index < -0.39 is 11.8 Å². The Morgan fingerprint density at radius 1 is 1.22 bits per heavy atom. The number of hydrazone groups is 1. The van der Waals surface area contributed by atoms with Crippen molar-refractivity contribution in [1.29, 1.82) is 0 Å². The molecule has 0 aromatic carbocycles. The standard InChI is InChI=1S/C15H22N4O4/c1-10(2)8-17-14(21)15(22)19-18-11(3)7-13(20)16-9-12-5-4-6-23-12/h4-6,10H,7-9H2,1-3H3,(H,16,20)(H,17,21)(H,19,22). The summed E-state index contributed by atoms with van der Waals surface area (Å²) in [6.07, 6.45) is 1.53. The molecular formula is C15H22N4O4. The normalized spacial score (nSPS) is 11.2. The van der Waals surface area contributed by atoms with E-state index in [4.69, 9.17) is 4.42 Å². The Labute approximate surface area is 134 Å². The number of carbonyl (C=O) groups is 3. The second kappa shape index (κ2) is 9.39. The maximum absolute atomic E-state index is 11.7. The van der Waals surface area contributed by atoms with Crippen LogP contribution in [-0.4, -0.2) is 30.0 Å². The molecule has 0 saturated heterocycles. The summed E-state index contributed by atoms with van der Waals surface area (Å²) in [5.41, 5.74) is 2.50. The van der Waals surface area contributed by atoms with Crippen molar-refractivity contribution in [2.24, 2.45) is 11.0 Å². The molecule has 0 atom stereocenters. The summed E-state index contributed by atoms with van der Waals surface area (Å²) in [4.78, 5) is 34.6. The quantitative estimate of drug-likeness (QED) is 0.386. The van der Waals surface area contributed by atoms with Crippen LogP contribution in [0.25, 0.3) is 0 Å². The highest BCUT2D eigenvalue weighted by atomic mass is 16.3. The predicted molar refractivity (Wildman–Crippen MR) is 84.3 cm³/mol. The summed E-state index contributed by atoms with van der Waals surface area (Å²) in [7, 11) is 0. The van der Waals surface area contributed by atoms with Crippen molar-refractivity contribution in [3.8, 4) is 0 Å². The van der Waals surface area contributed by atoms with Crippen LogP contribution in [-0.2, 0) is 20.9 Å². The molecule has 0 unspecified atom stereocenters. The van der Waals surface area contributed by atoms with Gasteiger partial charge < -0.3 is 15.1 Å². The average Bonchev–Trinajstić information content (AvgIpc) is 3.01. The van der Waals surface area contributed by atoms with Gasteiger partial charge in [-0.2, -0.15) is 5.10 Å². The fourth-order valence-corrected chi connectivity index (χ4v) is 1.51. The van der Waals surface area contributed by atoms with Crippen molar-refractivity contribution in [3.63, 3.8) is 0 Å². The molecule has 0 radical (unpaired) electrons. The first-order chi connectivity index (χ1) is 10.9. The van der Waals surface area contributed by atoms with Gasteiger partial charge in [-0.3, -0.25) is 14.4 Å². The zero-order valence-corrected chi connectivity index (χ0v) is 13.5. The van der Waals surface area contributed by atoms with Crippen molar-refractivity contribution < 1.29 is 18.8 Å². The number of amides is 3. The van der Waals surface area contributed by atoms with Crippen molar-refractivity contribution in [2.45, 2.75) is 33.7 Å². The second-order valence-electron chi connectivity index (χ2n) is 5.42.